The number of aliphatic carboxylic acids is 1. The molecule has 0 radical (unpaired) electrons. The van der Waals surface area contributed by atoms with Gasteiger partial charge in [-0.2, -0.15) is 0 Å². The number of carboxylic acids is 1. The summed E-state index contributed by atoms with van der Waals surface area (Å²) in [5.74, 6) is -0.883. The molecule has 18 heavy (non-hydrogen) atoms. The Labute approximate surface area is 106 Å². The highest BCUT2D eigenvalue weighted by Gasteiger charge is 2.31. The molecule has 2 unspecified atom stereocenters. The molecule has 0 aromatic rings. The Morgan fingerprint density at radius 2 is 2.17 bits per heavy atom. The molecule has 0 aliphatic carbocycles. The minimum Gasteiger partial charge on any atom is -0.481 e. The second-order valence-corrected chi connectivity index (χ2v) is 4.79. The lowest BCUT2D eigenvalue weighted by Gasteiger charge is -2.35. The van der Waals surface area contributed by atoms with Crippen LogP contribution in [0, 0.1) is 5.92 Å². The lowest BCUT2D eigenvalue weighted by atomic mass is 10.00. The van der Waals surface area contributed by atoms with Crippen molar-refractivity contribution in [1.29, 1.82) is 0 Å². The van der Waals surface area contributed by atoms with E-state index in [9.17, 15) is 9.59 Å². The first-order valence-corrected chi connectivity index (χ1v) is 6.36. The Morgan fingerprint density at radius 3 is 2.83 bits per heavy atom. The van der Waals surface area contributed by atoms with Gasteiger partial charge in [-0.3, -0.25) is 9.59 Å². The van der Waals surface area contributed by atoms with E-state index >= 15 is 0 Å². The molecule has 6 nitrogen and oxygen atoms in total. The van der Waals surface area contributed by atoms with E-state index in [-0.39, 0.29) is 24.3 Å². The fourth-order valence-electron chi connectivity index (χ4n) is 2.43. The quantitative estimate of drug-likeness (QED) is 0.777. The number of carbonyl (C=O) groups is 2. The molecule has 0 aromatic heterocycles. The van der Waals surface area contributed by atoms with E-state index in [1.807, 2.05) is 0 Å². The van der Waals surface area contributed by atoms with E-state index in [2.05, 4.69) is 0 Å². The van der Waals surface area contributed by atoms with Gasteiger partial charge in [0.2, 0.25) is 5.91 Å². The van der Waals surface area contributed by atoms with Crippen LogP contribution in [0.3, 0.4) is 0 Å². The Balaban J connectivity index is 1.87. The van der Waals surface area contributed by atoms with Gasteiger partial charge in [-0.1, -0.05) is 0 Å². The summed E-state index contributed by atoms with van der Waals surface area (Å²) in [6.07, 6.45) is 1.34. The van der Waals surface area contributed by atoms with Crippen LogP contribution in [0.15, 0.2) is 0 Å². The molecular weight excluding hydrogens is 238 g/mol. The van der Waals surface area contributed by atoms with Gasteiger partial charge < -0.3 is 19.5 Å². The molecule has 6 heteroatoms. The molecule has 2 rings (SSSR count). The highest BCUT2D eigenvalue weighted by molar-refractivity contribution is 5.79. The van der Waals surface area contributed by atoms with Crippen molar-refractivity contribution in [2.45, 2.75) is 25.4 Å². The van der Waals surface area contributed by atoms with Gasteiger partial charge in [-0.15, -0.1) is 0 Å². The first kappa shape index (κ1) is 13.3. The van der Waals surface area contributed by atoms with Gasteiger partial charge >= 0.3 is 5.97 Å². The zero-order valence-electron chi connectivity index (χ0n) is 10.3. The maximum absolute atomic E-state index is 12.2. The number of nitrogens with zero attached hydrogens (tertiary/aromatic N) is 1. The zero-order valence-corrected chi connectivity index (χ0v) is 10.3. The molecule has 0 spiro atoms. The molecule has 1 amide bonds. The van der Waals surface area contributed by atoms with Crippen LogP contribution in [-0.4, -0.2) is 60.9 Å². The standard InChI is InChI=1S/C12H19NO5/c14-11(15)6-10-7-13(3-5-18-10)12(16)9-2-1-4-17-8-9/h9-10H,1-8H2,(H,14,15). The Bertz CT molecular complexity index is 314. The van der Waals surface area contributed by atoms with Crippen LogP contribution in [-0.2, 0) is 19.1 Å². The third-order valence-electron chi connectivity index (χ3n) is 3.36. The second kappa shape index (κ2) is 6.15. The first-order chi connectivity index (χ1) is 8.66. The summed E-state index contributed by atoms with van der Waals surface area (Å²) in [4.78, 5) is 24.6. The Hall–Kier alpha value is -1.14. The van der Waals surface area contributed by atoms with Crippen molar-refractivity contribution in [3.05, 3.63) is 0 Å². The third-order valence-corrected chi connectivity index (χ3v) is 3.36. The minimum atomic E-state index is -0.893. The number of carboxylic acid groups (broad SMARTS) is 1. The predicted molar refractivity (Wildman–Crippen MR) is 62.1 cm³/mol. The van der Waals surface area contributed by atoms with Gasteiger partial charge in [0.25, 0.3) is 0 Å². The molecule has 2 aliphatic heterocycles. The van der Waals surface area contributed by atoms with Crippen LogP contribution in [0.1, 0.15) is 19.3 Å². The highest BCUT2D eigenvalue weighted by atomic mass is 16.5. The van der Waals surface area contributed by atoms with Crippen LogP contribution >= 0.6 is 0 Å². The fraction of sp³-hybridized carbons (Fsp3) is 0.833. The topological polar surface area (TPSA) is 76.1 Å². The monoisotopic (exact) mass is 257 g/mol. The van der Waals surface area contributed by atoms with E-state index in [0.717, 1.165) is 19.4 Å². The van der Waals surface area contributed by atoms with Crippen molar-refractivity contribution < 1.29 is 24.2 Å². The number of morpholine rings is 1. The van der Waals surface area contributed by atoms with Gasteiger partial charge in [0.05, 0.1) is 31.7 Å². The van der Waals surface area contributed by atoms with Crippen LogP contribution in [0.4, 0.5) is 0 Å². The van der Waals surface area contributed by atoms with Gasteiger partial charge in [0.15, 0.2) is 0 Å². The number of rotatable bonds is 3. The van der Waals surface area contributed by atoms with Crippen LogP contribution in [0.25, 0.3) is 0 Å². The largest absolute Gasteiger partial charge is 0.481 e. The maximum Gasteiger partial charge on any atom is 0.306 e. The van der Waals surface area contributed by atoms with Crippen molar-refractivity contribution in [3.8, 4) is 0 Å². The van der Waals surface area contributed by atoms with E-state index in [1.54, 1.807) is 4.90 Å². The second-order valence-electron chi connectivity index (χ2n) is 4.79. The SMILES string of the molecule is O=C(O)CC1CN(C(=O)C2CCCOC2)CCO1. The van der Waals surface area contributed by atoms with Crippen molar-refractivity contribution in [2.75, 3.05) is 32.9 Å². The maximum atomic E-state index is 12.2. The van der Waals surface area contributed by atoms with Crippen molar-refractivity contribution in [3.63, 3.8) is 0 Å². The van der Waals surface area contributed by atoms with E-state index in [0.29, 0.717) is 26.3 Å². The van der Waals surface area contributed by atoms with E-state index in [1.165, 1.54) is 0 Å². The van der Waals surface area contributed by atoms with Crippen molar-refractivity contribution in [2.24, 2.45) is 5.92 Å². The number of hydrogen-bond donors (Lipinski definition) is 1. The molecule has 1 N–H and O–H groups in total. The van der Waals surface area contributed by atoms with Gasteiger partial charge in [-0.25, -0.2) is 0 Å². The minimum absolute atomic E-state index is 0.0506. The average molecular weight is 257 g/mol. The van der Waals surface area contributed by atoms with Crippen molar-refractivity contribution in [1.82, 2.24) is 4.90 Å². The van der Waals surface area contributed by atoms with Gasteiger partial charge in [0, 0.05) is 19.7 Å². The molecule has 2 fully saturated rings. The average Bonchev–Trinajstić information content (AvgIpc) is 2.38. The molecule has 2 aliphatic rings. The summed E-state index contributed by atoms with van der Waals surface area (Å²) in [5, 5.41) is 8.74. The van der Waals surface area contributed by atoms with Crippen LogP contribution in [0.2, 0.25) is 0 Å². The van der Waals surface area contributed by atoms with Crippen LogP contribution in [0.5, 0.6) is 0 Å². The molecular formula is C12H19NO5. The first-order valence-electron chi connectivity index (χ1n) is 6.36. The highest BCUT2D eigenvalue weighted by Crippen LogP contribution is 2.18. The normalized spacial score (nSPS) is 29.0. The summed E-state index contributed by atoms with van der Waals surface area (Å²) >= 11 is 0. The fourth-order valence-corrected chi connectivity index (χ4v) is 2.43. The number of carbonyl (C=O) groups excluding carboxylic acids is 1. The van der Waals surface area contributed by atoms with Crippen LogP contribution < -0.4 is 0 Å². The summed E-state index contributed by atoms with van der Waals surface area (Å²) in [6, 6.07) is 0. The number of hydrogen-bond acceptors (Lipinski definition) is 4. The molecule has 102 valence electrons. The Kier molecular flexibility index (Phi) is 4.54. The summed E-state index contributed by atoms with van der Waals surface area (Å²) in [7, 11) is 0. The Morgan fingerprint density at radius 1 is 1.33 bits per heavy atom. The van der Waals surface area contributed by atoms with E-state index in [4.69, 9.17) is 14.6 Å². The third kappa shape index (κ3) is 3.43. The van der Waals surface area contributed by atoms with Gasteiger partial charge in [-0.05, 0) is 12.8 Å². The lowest BCUT2D eigenvalue weighted by molar-refractivity contribution is -0.152. The van der Waals surface area contributed by atoms with E-state index < -0.39 is 5.97 Å². The molecule has 2 saturated heterocycles. The molecule has 0 saturated carbocycles. The zero-order chi connectivity index (χ0) is 13.0. The molecule has 2 heterocycles. The summed E-state index contributed by atoms with van der Waals surface area (Å²) in [5.41, 5.74) is 0. The predicted octanol–water partition coefficient (Wildman–Crippen LogP) is 0.115. The summed E-state index contributed by atoms with van der Waals surface area (Å²) in [6.45, 7) is 2.55. The number of ether oxygens (including phenoxy) is 2. The number of amides is 1. The van der Waals surface area contributed by atoms with Crippen molar-refractivity contribution >= 4 is 11.9 Å². The molecule has 0 bridgehead atoms. The molecule has 0 aromatic carbocycles. The van der Waals surface area contributed by atoms with Gasteiger partial charge in [0.1, 0.15) is 0 Å². The summed E-state index contributed by atoms with van der Waals surface area (Å²) < 4.78 is 10.7. The smallest absolute Gasteiger partial charge is 0.306 e. The molecule has 2 atom stereocenters. The lowest BCUT2D eigenvalue weighted by Crippen LogP contribution is -2.49.